The molecule has 5 nitrogen and oxygen atoms in total. The van der Waals surface area contributed by atoms with E-state index in [4.69, 9.17) is 21.1 Å². The van der Waals surface area contributed by atoms with Gasteiger partial charge in [0.15, 0.2) is 17.3 Å². The summed E-state index contributed by atoms with van der Waals surface area (Å²) in [4.78, 5) is 14.0. The first-order valence-electron chi connectivity index (χ1n) is 6.40. The van der Waals surface area contributed by atoms with Crippen LogP contribution in [0.4, 0.5) is 0 Å². The van der Waals surface area contributed by atoms with Crippen LogP contribution in [0.3, 0.4) is 0 Å². The molecule has 7 heteroatoms. The van der Waals surface area contributed by atoms with Gasteiger partial charge in [0.2, 0.25) is 0 Å². The van der Waals surface area contributed by atoms with Crippen molar-refractivity contribution >= 4 is 33.8 Å². The number of nitrogens with zero attached hydrogens (tertiary/aromatic N) is 3. The third-order valence-corrected chi connectivity index (χ3v) is 4.35. The Bertz CT molecular complexity index is 850. The van der Waals surface area contributed by atoms with Gasteiger partial charge in [-0.3, -0.25) is 0 Å². The summed E-state index contributed by atoms with van der Waals surface area (Å²) < 4.78 is 11.1. The highest BCUT2D eigenvalue weighted by Gasteiger charge is 2.17. The number of aromatic nitrogens is 3. The van der Waals surface area contributed by atoms with Crippen LogP contribution in [0.2, 0.25) is 5.15 Å². The first kappa shape index (κ1) is 12.8. The van der Waals surface area contributed by atoms with E-state index >= 15 is 0 Å². The zero-order valence-corrected chi connectivity index (χ0v) is 12.7. The Hall–Kier alpha value is -1.92. The van der Waals surface area contributed by atoms with E-state index in [2.05, 4.69) is 15.0 Å². The van der Waals surface area contributed by atoms with Gasteiger partial charge in [-0.05, 0) is 13.0 Å². The van der Waals surface area contributed by atoms with E-state index in [-0.39, 0.29) is 0 Å². The van der Waals surface area contributed by atoms with Crippen LogP contribution in [0.15, 0.2) is 18.3 Å². The Morgan fingerprint density at radius 3 is 2.62 bits per heavy atom. The first-order chi connectivity index (χ1) is 10.2. The molecule has 0 bridgehead atoms. The normalized spacial score (nSPS) is 13.6. The molecule has 0 fully saturated rings. The van der Waals surface area contributed by atoms with Gasteiger partial charge in [-0.1, -0.05) is 11.6 Å². The maximum atomic E-state index is 6.30. The van der Waals surface area contributed by atoms with Gasteiger partial charge in [0.25, 0.3) is 0 Å². The lowest BCUT2D eigenvalue weighted by Crippen LogP contribution is -2.15. The summed E-state index contributed by atoms with van der Waals surface area (Å²) in [5.41, 5.74) is 0.736. The molecule has 21 heavy (non-hydrogen) atoms. The van der Waals surface area contributed by atoms with Crippen LogP contribution in [0.25, 0.3) is 21.6 Å². The second-order valence-corrected chi connectivity index (χ2v) is 6.19. The Labute approximate surface area is 129 Å². The summed E-state index contributed by atoms with van der Waals surface area (Å²) in [7, 11) is 0. The quantitative estimate of drug-likeness (QED) is 0.643. The lowest BCUT2D eigenvalue weighted by atomic mass is 10.2. The third kappa shape index (κ3) is 2.20. The molecule has 1 aliphatic heterocycles. The number of rotatable bonds is 1. The van der Waals surface area contributed by atoms with Crippen molar-refractivity contribution in [2.75, 3.05) is 13.2 Å². The molecule has 3 heterocycles. The van der Waals surface area contributed by atoms with Crippen molar-refractivity contribution in [2.45, 2.75) is 6.92 Å². The van der Waals surface area contributed by atoms with Crippen molar-refractivity contribution in [1.82, 2.24) is 15.0 Å². The first-order valence-corrected chi connectivity index (χ1v) is 7.60. The van der Waals surface area contributed by atoms with Gasteiger partial charge in [0.1, 0.15) is 18.4 Å². The number of aryl methyl sites for hydroxylation is 1. The Balaban J connectivity index is 1.92. The van der Waals surface area contributed by atoms with E-state index in [1.54, 1.807) is 6.20 Å². The summed E-state index contributed by atoms with van der Waals surface area (Å²) in [6, 6.07) is 3.67. The van der Waals surface area contributed by atoms with E-state index in [9.17, 15) is 0 Å². The fraction of sp³-hybridized carbons (Fsp3) is 0.214. The molecule has 106 valence electrons. The van der Waals surface area contributed by atoms with Gasteiger partial charge < -0.3 is 9.47 Å². The molecule has 0 spiro atoms. The van der Waals surface area contributed by atoms with Crippen LogP contribution in [0.5, 0.6) is 11.5 Å². The number of hydrogen-bond acceptors (Lipinski definition) is 6. The molecule has 0 saturated carbocycles. The van der Waals surface area contributed by atoms with Crippen molar-refractivity contribution in [2.24, 2.45) is 0 Å². The van der Waals surface area contributed by atoms with Crippen LogP contribution in [-0.4, -0.2) is 28.2 Å². The highest BCUT2D eigenvalue weighted by molar-refractivity contribution is 7.14. The minimum atomic E-state index is 0.401. The molecule has 0 N–H and O–H groups in total. The molecule has 0 saturated heterocycles. The molecule has 0 aliphatic carbocycles. The van der Waals surface area contributed by atoms with Crippen molar-refractivity contribution in [1.29, 1.82) is 0 Å². The second kappa shape index (κ2) is 4.82. The average Bonchev–Trinajstić information content (AvgIpc) is 2.92. The monoisotopic (exact) mass is 319 g/mol. The number of ether oxygens (including phenoxy) is 2. The van der Waals surface area contributed by atoms with E-state index in [0.29, 0.717) is 35.7 Å². The topological polar surface area (TPSA) is 57.1 Å². The molecular weight excluding hydrogens is 310 g/mol. The highest BCUT2D eigenvalue weighted by Crippen LogP contribution is 2.37. The van der Waals surface area contributed by atoms with Gasteiger partial charge in [-0.15, -0.1) is 11.3 Å². The minimum absolute atomic E-state index is 0.401. The summed E-state index contributed by atoms with van der Waals surface area (Å²) in [5.74, 6) is 1.95. The van der Waals surface area contributed by atoms with Gasteiger partial charge in [0, 0.05) is 17.6 Å². The third-order valence-electron chi connectivity index (χ3n) is 3.15. The summed E-state index contributed by atoms with van der Waals surface area (Å²) in [5, 5.41) is 2.12. The van der Waals surface area contributed by atoms with E-state index in [1.165, 1.54) is 11.3 Å². The predicted octanol–water partition coefficient (Wildman–Crippen LogP) is 3.49. The van der Waals surface area contributed by atoms with Crippen LogP contribution in [-0.2, 0) is 0 Å². The highest BCUT2D eigenvalue weighted by atomic mass is 35.5. The Morgan fingerprint density at radius 1 is 1.14 bits per heavy atom. The largest absolute Gasteiger partial charge is 0.486 e. The molecule has 0 atom stereocenters. The number of benzene rings is 1. The van der Waals surface area contributed by atoms with Gasteiger partial charge >= 0.3 is 0 Å². The second-order valence-electron chi connectivity index (χ2n) is 4.59. The van der Waals surface area contributed by atoms with Gasteiger partial charge in [0.05, 0.1) is 15.4 Å². The van der Waals surface area contributed by atoms with Crippen molar-refractivity contribution in [3.8, 4) is 22.2 Å². The molecule has 0 unspecified atom stereocenters. The lowest BCUT2D eigenvalue weighted by molar-refractivity contribution is 0.172. The Kier molecular flexibility index (Phi) is 2.94. The van der Waals surface area contributed by atoms with Crippen LogP contribution >= 0.6 is 22.9 Å². The maximum absolute atomic E-state index is 6.30. The molecule has 4 rings (SSSR count). The van der Waals surface area contributed by atoms with Crippen LogP contribution < -0.4 is 9.47 Å². The molecule has 3 aromatic rings. The summed E-state index contributed by atoms with van der Waals surface area (Å²) in [6.45, 7) is 3.02. The van der Waals surface area contributed by atoms with Gasteiger partial charge in [-0.2, -0.15) is 0 Å². The SMILES string of the molecule is Cc1ncc(-c2nc(Cl)c3cc4c(cc3n2)OCCO4)s1. The summed E-state index contributed by atoms with van der Waals surface area (Å²) >= 11 is 7.83. The van der Waals surface area contributed by atoms with Gasteiger partial charge in [-0.25, -0.2) is 15.0 Å². The fourth-order valence-corrected chi connectivity index (χ4v) is 3.15. The van der Waals surface area contributed by atoms with E-state index < -0.39 is 0 Å². The predicted molar refractivity (Wildman–Crippen MR) is 81.4 cm³/mol. The van der Waals surface area contributed by atoms with Crippen molar-refractivity contribution in [3.63, 3.8) is 0 Å². The standard InChI is InChI=1S/C14H10ClN3O2S/c1-7-16-6-12(21-7)14-17-9-5-11-10(19-2-3-20-11)4-8(9)13(15)18-14/h4-6H,2-3H2,1H3. The lowest BCUT2D eigenvalue weighted by Gasteiger charge is -2.18. The zero-order valence-electron chi connectivity index (χ0n) is 11.1. The molecular formula is C14H10ClN3O2S. The Morgan fingerprint density at radius 2 is 1.90 bits per heavy atom. The summed E-state index contributed by atoms with van der Waals surface area (Å²) in [6.07, 6.45) is 1.76. The molecule has 0 amide bonds. The molecule has 2 aromatic heterocycles. The fourth-order valence-electron chi connectivity index (χ4n) is 2.20. The maximum Gasteiger partial charge on any atom is 0.173 e. The molecule has 1 aromatic carbocycles. The number of fused-ring (bicyclic) bond motifs is 2. The number of hydrogen-bond donors (Lipinski definition) is 0. The van der Waals surface area contributed by atoms with Crippen molar-refractivity contribution < 1.29 is 9.47 Å². The van der Waals surface area contributed by atoms with E-state index in [0.717, 1.165) is 20.8 Å². The van der Waals surface area contributed by atoms with Crippen LogP contribution in [0, 0.1) is 6.92 Å². The minimum Gasteiger partial charge on any atom is -0.486 e. The van der Waals surface area contributed by atoms with Crippen LogP contribution in [0.1, 0.15) is 5.01 Å². The zero-order chi connectivity index (χ0) is 14.4. The number of halogens is 1. The van der Waals surface area contributed by atoms with Crippen molar-refractivity contribution in [3.05, 3.63) is 28.5 Å². The molecule has 0 radical (unpaired) electrons. The smallest absolute Gasteiger partial charge is 0.173 e. The van der Waals surface area contributed by atoms with E-state index in [1.807, 2.05) is 19.1 Å². The molecule has 1 aliphatic rings. The average molecular weight is 320 g/mol. The number of thiazole rings is 1.